The van der Waals surface area contributed by atoms with Crippen LogP contribution in [0.4, 0.5) is 0 Å². The lowest BCUT2D eigenvalue weighted by Crippen LogP contribution is -2.23. The maximum absolute atomic E-state index is 11.8. The highest BCUT2D eigenvalue weighted by molar-refractivity contribution is 5.96. The number of nitrogens with zero attached hydrogens (tertiary/aromatic N) is 3. The fourth-order valence-electron chi connectivity index (χ4n) is 6.18. The largest absolute Gasteiger partial charge is 0.491 e. The number of ether oxygens (including phenoxy) is 1. The predicted molar refractivity (Wildman–Crippen MR) is 171 cm³/mol. The van der Waals surface area contributed by atoms with Gasteiger partial charge in [-0.15, -0.1) is 0 Å². The van der Waals surface area contributed by atoms with Crippen LogP contribution in [0.25, 0.3) is 22.2 Å². The van der Waals surface area contributed by atoms with E-state index in [9.17, 15) is 9.90 Å². The first-order valence-corrected chi connectivity index (χ1v) is 15.4. The molecule has 4 aromatic rings. The topological polar surface area (TPSA) is 79.6 Å². The Balaban J connectivity index is 1.24. The minimum atomic E-state index is -0.919. The fourth-order valence-corrected chi connectivity index (χ4v) is 6.18. The number of allylic oxidation sites excluding steroid dienone is 2. The number of carboxylic acid groups (broad SMARTS) is 1. The van der Waals surface area contributed by atoms with Gasteiger partial charge in [-0.3, -0.25) is 5.32 Å². The summed E-state index contributed by atoms with van der Waals surface area (Å²) in [7, 11) is 0. The molecule has 1 aromatic heterocycles. The van der Waals surface area contributed by atoms with E-state index in [0.717, 1.165) is 90.2 Å². The third kappa shape index (κ3) is 6.09. The molecule has 0 spiro atoms. The molecule has 222 valence electrons. The van der Waals surface area contributed by atoms with Gasteiger partial charge in [0.2, 0.25) is 0 Å². The molecule has 3 aromatic carbocycles. The van der Waals surface area contributed by atoms with Gasteiger partial charge in [-0.25, -0.2) is 9.78 Å². The molecule has 1 fully saturated rings. The van der Waals surface area contributed by atoms with E-state index in [0.29, 0.717) is 24.8 Å². The number of nitrogens with one attached hydrogen (secondary N) is 1. The van der Waals surface area contributed by atoms with Gasteiger partial charge in [0, 0.05) is 25.2 Å². The van der Waals surface area contributed by atoms with Crippen molar-refractivity contribution in [1.82, 2.24) is 19.8 Å². The van der Waals surface area contributed by atoms with Gasteiger partial charge in [0.15, 0.2) is 0 Å². The van der Waals surface area contributed by atoms with Crippen LogP contribution in [0.3, 0.4) is 0 Å². The zero-order valence-electron chi connectivity index (χ0n) is 25.1. The molecule has 0 saturated carbocycles. The Labute approximate surface area is 253 Å². The van der Waals surface area contributed by atoms with Crippen molar-refractivity contribution in [3.63, 3.8) is 0 Å². The summed E-state index contributed by atoms with van der Waals surface area (Å²) in [5.74, 6) is 1.03. The SMILES string of the molecule is CCCCc1nc2c(C)ccc(OCCCN3CNC4CC=CC=C43)c2n1Cc1ccc(-c2ccccc2C(=O)O)cc1. The van der Waals surface area contributed by atoms with Crippen LogP contribution in [0.15, 0.2) is 84.6 Å². The molecule has 1 atom stereocenters. The Morgan fingerprint density at radius 3 is 2.74 bits per heavy atom. The van der Waals surface area contributed by atoms with Crippen LogP contribution in [0, 0.1) is 6.92 Å². The van der Waals surface area contributed by atoms with Crippen molar-refractivity contribution in [2.45, 2.75) is 58.5 Å². The standard InChI is InChI=1S/C36H40N4O3/c1-3-4-14-33-38-34-25(2)15-20-32(43-22-9-21-39-24-37-30-12-7-8-13-31(30)39)35(34)40(33)23-26-16-18-27(19-17-26)28-10-5-6-11-29(28)36(41)42/h5-8,10-11,13,15-20,30,37H,3-4,9,12,14,21-24H2,1-2H3,(H,41,42). The van der Waals surface area contributed by atoms with E-state index in [2.05, 4.69) is 71.1 Å². The highest BCUT2D eigenvalue weighted by atomic mass is 16.5. The molecule has 7 heteroatoms. The molecule has 1 unspecified atom stereocenters. The molecule has 2 heterocycles. The highest BCUT2D eigenvalue weighted by Crippen LogP contribution is 2.32. The third-order valence-corrected chi connectivity index (χ3v) is 8.51. The van der Waals surface area contributed by atoms with E-state index in [4.69, 9.17) is 9.72 Å². The van der Waals surface area contributed by atoms with Gasteiger partial charge in [0.1, 0.15) is 17.1 Å². The Morgan fingerprint density at radius 1 is 1.09 bits per heavy atom. The van der Waals surface area contributed by atoms with E-state index >= 15 is 0 Å². The summed E-state index contributed by atoms with van der Waals surface area (Å²) in [6.45, 7) is 7.47. The normalized spacial score (nSPS) is 16.0. The minimum Gasteiger partial charge on any atom is -0.491 e. The summed E-state index contributed by atoms with van der Waals surface area (Å²) in [6.07, 6.45) is 11.7. The van der Waals surface area contributed by atoms with Crippen LogP contribution in [0.2, 0.25) is 0 Å². The minimum absolute atomic E-state index is 0.308. The van der Waals surface area contributed by atoms with Crippen LogP contribution in [-0.4, -0.2) is 51.4 Å². The number of hydrogen-bond acceptors (Lipinski definition) is 5. The maximum Gasteiger partial charge on any atom is 0.336 e. The van der Waals surface area contributed by atoms with Gasteiger partial charge >= 0.3 is 5.97 Å². The fraction of sp³-hybridized carbons (Fsp3) is 0.333. The molecular formula is C36H40N4O3. The van der Waals surface area contributed by atoms with Crippen molar-refractivity contribution >= 4 is 17.0 Å². The van der Waals surface area contributed by atoms with Gasteiger partial charge in [0.25, 0.3) is 0 Å². The molecule has 0 bridgehead atoms. The molecule has 2 aliphatic rings. The van der Waals surface area contributed by atoms with Crippen LogP contribution < -0.4 is 10.1 Å². The number of fused-ring (bicyclic) bond motifs is 2. The molecular weight excluding hydrogens is 536 g/mol. The summed E-state index contributed by atoms with van der Waals surface area (Å²) >= 11 is 0. The van der Waals surface area contributed by atoms with Crippen LogP contribution >= 0.6 is 0 Å². The van der Waals surface area contributed by atoms with E-state index in [1.54, 1.807) is 12.1 Å². The Bertz CT molecular complexity index is 1670. The molecule has 1 aliphatic heterocycles. The Morgan fingerprint density at radius 2 is 1.93 bits per heavy atom. The van der Waals surface area contributed by atoms with Crippen LogP contribution in [-0.2, 0) is 13.0 Å². The molecule has 0 amide bonds. The average Bonchev–Trinajstić information content (AvgIpc) is 3.61. The number of aryl methyl sites for hydroxylation is 2. The molecule has 1 aliphatic carbocycles. The molecule has 0 radical (unpaired) electrons. The zero-order chi connectivity index (χ0) is 29.8. The summed E-state index contributed by atoms with van der Waals surface area (Å²) in [6, 6.07) is 20.0. The lowest BCUT2D eigenvalue weighted by molar-refractivity contribution is 0.0697. The second-order valence-electron chi connectivity index (χ2n) is 11.5. The number of unbranched alkanes of at least 4 members (excludes halogenated alkanes) is 1. The first-order valence-electron chi connectivity index (χ1n) is 15.4. The highest BCUT2D eigenvalue weighted by Gasteiger charge is 2.26. The van der Waals surface area contributed by atoms with Crippen molar-refractivity contribution in [2.75, 3.05) is 19.8 Å². The van der Waals surface area contributed by atoms with Crippen molar-refractivity contribution in [3.05, 3.63) is 107 Å². The van der Waals surface area contributed by atoms with Gasteiger partial charge < -0.3 is 19.3 Å². The maximum atomic E-state index is 11.8. The number of aromatic nitrogens is 2. The van der Waals surface area contributed by atoms with Gasteiger partial charge in [0.05, 0.1) is 30.4 Å². The first-order chi connectivity index (χ1) is 21.0. The predicted octanol–water partition coefficient (Wildman–Crippen LogP) is 6.94. The average molecular weight is 577 g/mol. The quantitative estimate of drug-likeness (QED) is 0.178. The summed E-state index contributed by atoms with van der Waals surface area (Å²) in [4.78, 5) is 19.3. The third-order valence-electron chi connectivity index (χ3n) is 8.51. The molecule has 2 N–H and O–H groups in total. The lowest BCUT2D eigenvalue weighted by Gasteiger charge is -2.22. The molecule has 6 rings (SSSR count). The number of imidazole rings is 1. The van der Waals surface area contributed by atoms with Gasteiger partial charge in [-0.1, -0.05) is 74.0 Å². The number of rotatable bonds is 12. The van der Waals surface area contributed by atoms with Crippen molar-refractivity contribution in [2.24, 2.45) is 0 Å². The molecule has 7 nitrogen and oxygen atoms in total. The number of benzene rings is 3. The van der Waals surface area contributed by atoms with Gasteiger partial charge in [-0.2, -0.15) is 0 Å². The first kappa shape index (κ1) is 28.7. The van der Waals surface area contributed by atoms with Crippen molar-refractivity contribution in [3.8, 4) is 16.9 Å². The van der Waals surface area contributed by atoms with E-state index in [-0.39, 0.29) is 0 Å². The number of carbonyl (C=O) groups is 1. The summed E-state index contributed by atoms with van der Waals surface area (Å²) in [5, 5.41) is 13.2. The summed E-state index contributed by atoms with van der Waals surface area (Å²) in [5.41, 5.74) is 7.64. The van der Waals surface area contributed by atoms with Crippen molar-refractivity contribution < 1.29 is 14.6 Å². The second kappa shape index (κ2) is 12.9. The smallest absolute Gasteiger partial charge is 0.336 e. The lowest BCUT2D eigenvalue weighted by atomic mass is 9.98. The monoisotopic (exact) mass is 576 g/mol. The molecule has 1 saturated heterocycles. The van der Waals surface area contributed by atoms with Crippen LogP contribution in [0.1, 0.15) is 59.9 Å². The van der Waals surface area contributed by atoms with E-state index in [1.165, 1.54) is 5.70 Å². The number of carboxylic acids is 1. The zero-order valence-corrected chi connectivity index (χ0v) is 25.1. The second-order valence-corrected chi connectivity index (χ2v) is 11.5. The number of hydrogen-bond donors (Lipinski definition) is 2. The molecule has 43 heavy (non-hydrogen) atoms. The number of aromatic carboxylic acids is 1. The Kier molecular flexibility index (Phi) is 8.61. The van der Waals surface area contributed by atoms with E-state index in [1.807, 2.05) is 24.3 Å². The van der Waals surface area contributed by atoms with Crippen molar-refractivity contribution in [1.29, 1.82) is 0 Å². The van der Waals surface area contributed by atoms with E-state index < -0.39 is 5.97 Å². The Hall–Kier alpha value is -4.36. The summed E-state index contributed by atoms with van der Waals surface area (Å²) < 4.78 is 8.80. The van der Waals surface area contributed by atoms with Crippen LogP contribution in [0.5, 0.6) is 5.75 Å². The van der Waals surface area contributed by atoms with Gasteiger partial charge in [-0.05, 0) is 66.6 Å².